The summed E-state index contributed by atoms with van der Waals surface area (Å²) in [4.78, 5) is 36.8. The molecule has 1 N–H and O–H groups in total. The fraction of sp³-hybridized carbons (Fsp3) is 0.200. The second kappa shape index (κ2) is 11.3. The highest BCUT2D eigenvalue weighted by Crippen LogP contribution is 2.41. The largest absolute Gasteiger partial charge is 0.497 e. The van der Waals surface area contributed by atoms with Crippen molar-refractivity contribution in [2.45, 2.75) is 13.8 Å². The summed E-state index contributed by atoms with van der Waals surface area (Å²) in [5.74, 6) is 0.106. The summed E-state index contributed by atoms with van der Waals surface area (Å²) in [6.07, 6.45) is 2.93. The van der Waals surface area contributed by atoms with Crippen LogP contribution in [0.4, 0.5) is 10.7 Å². The average Bonchev–Trinajstić information content (AvgIpc) is 3.18. The van der Waals surface area contributed by atoms with Gasteiger partial charge in [0.2, 0.25) is 5.91 Å². The lowest BCUT2D eigenvalue weighted by molar-refractivity contribution is -0.384. The van der Waals surface area contributed by atoms with Crippen molar-refractivity contribution in [2.24, 2.45) is 0 Å². The minimum Gasteiger partial charge on any atom is -0.497 e. The number of anilines is 1. The van der Waals surface area contributed by atoms with E-state index in [-0.39, 0.29) is 17.9 Å². The normalized spacial score (nSPS) is 10.7. The van der Waals surface area contributed by atoms with Crippen LogP contribution in [0.15, 0.2) is 48.5 Å². The summed E-state index contributed by atoms with van der Waals surface area (Å²) in [5.41, 5.74) is 1.97. The van der Waals surface area contributed by atoms with Crippen molar-refractivity contribution >= 4 is 40.0 Å². The van der Waals surface area contributed by atoms with E-state index in [9.17, 15) is 19.7 Å². The van der Waals surface area contributed by atoms with E-state index in [0.29, 0.717) is 33.2 Å². The van der Waals surface area contributed by atoms with Crippen LogP contribution in [0.3, 0.4) is 0 Å². The number of thiophene rings is 1. The number of hydrogen-bond acceptors (Lipinski definition) is 8. The van der Waals surface area contributed by atoms with E-state index in [1.807, 2.05) is 0 Å². The van der Waals surface area contributed by atoms with E-state index in [1.54, 1.807) is 57.4 Å². The second-order valence-electron chi connectivity index (χ2n) is 7.19. The van der Waals surface area contributed by atoms with Gasteiger partial charge in [0.15, 0.2) is 0 Å². The fourth-order valence-electron chi connectivity index (χ4n) is 3.40. The molecule has 10 heteroatoms. The number of nitro groups is 1. The monoisotopic (exact) mass is 496 g/mol. The van der Waals surface area contributed by atoms with Gasteiger partial charge in [-0.3, -0.25) is 14.9 Å². The SMILES string of the molecule is CCOC(=O)c1c(NC(=O)/C=C/c2ccc(OC)cc2OC)sc(C)c1-c1ccc([N+](=O)[O-])cc1. The number of non-ortho nitro benzene ring substituents is 1. The Kier molecular flexibility index (Phi) is 8.21. The van der Waals surface area contributed by atoms with Crippen molar-refractivity contribution in [3.05, 3.63) is 74.7 Å². The molecule has 0 atom stereocenters. The standard InChI is InChI=1S/C25H24N2O7S/c1-5-34-25(29)23-22(17-6-10-18(11-7-17)27(30)31)15(2)35-24(23)26-21(28)13-9-16-8-12-19(32-3)14-20(16)33-4/h6-14H,5H2,1-4H3,(H,26,28)/b13-9+. The molecular weight excluding hydrogens is 472 g/mol. The van der Waals surface area contributed by atoms with Crippen LogP contribution in [-0.2, 0) is 9.53 Å². The molecule has 3 aromatic rings. The van der Waals surface area contributed by atoms with Gasteiger partial charge in [0.1, 0.15) is 22.1 Å². The summed E-state index contributed by atoms with van der Waals surface area (Å²) < 4.78 is 15.8. The lowest BCUT2D eigenvalue weighted by Crippen LogP contribution is -2.12. The maximum Gasteiger partial charge on any atom is 0.341 e. The van der Waals surface area contributed by atoms with Crippen molar-refractivity contribution in [1.29, 1.82) is 0 Å². The molecule has 1 amide bonds. The number of carbonyl (C=O) groups is 2. The number of ether oxygens (including phenoxy) is 3. The van der Waals surface area contributed by atoms with Crippen molar-refractivity contribution in [3.63, 3.8) is 0 Å². The Labute approximate surface area is 206 Å². The number of nitrogens with zero attached hydrogens (tertiary/aromatic N) is 1. The van der Waals surface area contributed by atoms with Gasteiger partial charge in [0.25, 0.3) is 5.69 Å². The zero-order chi connectivity index (χ0) is 25.5. The Morgan fingerprint density at radius 2 is 1.83 bits per heavy atom. The summed E-state index contributed by atoms with van der Waals surface area (Å²) in [6.45, 7) is 3.64. The molecule has 0 aliphatic heterocycles. The molecule has 0 bridgehead atoms. The van der Waals surface area contributed by atoms with Crippen LogP contribution in [0, 0.1) is 17.0 Å². The van der Waals surface area contributed by atoms with Crippen LogP contribution >= 0.6 is 11.3 Å². The molecule has 0 saturated heterocycles. The van der Waals surface area contributed by atoms with E-state index >= 15 is 0 Å². The van der Waals surface area contributed by atoms with Crippen molar-refractivity contribution < 1.29 is 28.7 Å². The number of carbonyl (C=O) groups excluding carboxylic acids is 2. The number of amides is 1. The predicted molar refractivity (Wildman–Crippen MR) is 134 cm³/mol. The summed E-state index contributed by atoms with van der Waals surface area (Å²) in [6, 6.07) is 11.1. The van der Waals surface area contributed by atoms with Crippen LogP contribution in [-0.4, -0.2) is 37.6 Å². The third-order valence-electron chi connectivity index (χ3n) is 5.02. The minimum absolute atomic E-state index is 0.0630. The molecule has 0 radical (unpaired) electrons. The van der Waals surface area contributed by atoms with E-state index in [2.05, 4.69) is 5.32 Å². The number of hydrogen-bond donors (Lipinski definition) is 1. The van der Waals surface area contributed by atoms with Gasteiger partial charge in [0.05, 0.1) is 25.7 Å². The topological polar surface area (TPSA) is 117 Å². The lowest BCUT2D eigenvalue weighted by Gasteiger charge is -2.09. The van der Waals surface area contributed by atoms with Crippen LogP contribution < -0.4 is 14.8 Å². The number of rotatable bonds is 9. The first-order valence-corrected chi connectivity index (χ1v) is 11.4. The van der Waals surface area contributed by atoms with E-state index in [4.69, 9.17) is 14.2 Å². The number of nitro benzene ring substituents is 1. The molecule has 182 valence electrons. The Morgan fingerprint density at radius 1 is 1.11 bits per heavy atom. The van der Waals surface area contributed by atoms with Gasteiger partial charge < -0.3 is 19.5 Å². The third-order valence-corrected chi connectivity index (χ3v) is 6.04. The molecule has 3 rings (SSSR count). The van der Waals surface area contributed by atoms with E-state index in [0.717, 1.165) is 4.88 Å². The Hall–Kier alpha value is -4.18. The maximum absolute atomic E-state index is 12.8. The van der Waals surface area contributed by atoms with Gasteiger partial charge >= 0.3 is 5.97 Å². The van der Waals surface area contributed by atoms with Crippen LogP contribution in [0.25, 0.3) is 17.2 Å². The maximum atomic E-state index is 12.8. The fourth-order valence-corrected chi connectivity index (χ4v) is 4.47. The number of benzene rings is 2. The van der Waals surface area contributed by atoms with Gasteiger partial charge in [-0.25, -0.2) is 4.79 Å². The molecule has 35 heavy (non-hydrogen) atoms. The lowest BCUT2D eigenvalue weighted by atomic mass is 10.0. The Bertz CT molecular complexity index is 1280. The zero-order valence-corrected chi connectivity index (χ0v) is 20.4. The molecule has 2 aromatic carbocycles. The number of methoxy groups -OCH3 is 2. The first-order valence-electron chi connectivity index (χ1n) is 10.5. The van der Waals surface area contributed by atoms with Gasteiger partial charge in [-0.1, -0.05) is 0 Å². The van der Waals surface area contributed by atoms with Crippen LogP contribution in [0.5, 0.6) is 11.5 Å². The molecular formula is C25H24N2O7S. The molecule has 0 unspecified atom stereocenters. The number of aryl methyl sites for hydroxylation is 1. The average molecular weight is 497 g/mol. The minimum atomic E-state index is -0.596. The first kappa shape index (κ1) is 25.4. The highest BCUT2D eigenvalue weighted by atomic mass is 32.1. The molecule has 0 fully saturated rings. The molecule has 0 spiro atoms. The van der Waals surface area contributed by atoms with Crippen molar-refractivity contribution in [1.82, 2.24) is 0 Å². The Morgan fingerprint density at radius 3 is 2.43 bits per heavy atom. The third kappa shape index (κ3) is 5.85. The van der Waals surface area contributed by atoms with Gasteiger partial charge in [0, 0.05) is 40.3 Å². The van der Waals surface area contributed by atoms with Gasteiger partial charge in [-0.05, 0) is 49.8 Å². The molecule has 1 heterocycles. The van der Waals surface area contributed by atoms with E-state index in [1.165, 1.54) is 36.7 Å². The number of esters is 1. The highest BCUT2D eigenvalue weighted by Gasteiger charge is 2.25. The van der Waals surface area contributed by atoms with Crippen molar-refractivity contribution in [3.8, 4) is 22.6 Å². The van der Waals surface area contributed by atoms with Crippen LogP contribution in [0.2, 0.25) is 0 Å². The Balaban J connectivity index is 1.94. The molecule has 1 aromatic heterocycles. The van der Waals surface area contributed by atoms with Gasteiger partial charge in [-0.15, -0.1) is 11.3 Å². The summed E-state index contributed by atoms with van der Waals surface area (Å²) >= 11 is 1.22. The quantitative estimate of drug-likeness (QED) is 0.180. The smallest absolute Gasteiger partial charge is 0.341 e. The van der Waals surface area contributed by atoms with Crippen molar-refractivity contribution in [2.75, 3.05) is 26.1 Å². The number of nitrogens with one attached hydrogen (secondary N) is 1. The molecule has 0 aliphatic carbocycles. The summed E-state index contributed by atoms with van der Waals surface area (Å²) in [5, 5.41) is 14.1. The molecule has 9 nitrogen and oxygen atoms in total. The molecule has 0 aliphatic rings. The predicted octanol–water partition coefficient (Wildman–Crippen LogP) is 5.48. The zero-order valence-electron chi connectivity index (χ0n) is 19.6. The second-order valence-corrected chi connectivity index (χ2v) is 8.42. The van der Waals surface area contributed by atoms with E-state index < -0.39 is 16.8 Å². The summed E-state index contributed by atoms with van der Waals surface area (Å²) in [7, 11) is 3.07. The first-order chi connectivity index (χ1) is 16.8. The van der Waals surface area contributed by atoms with Gasteiger partial charge in [-0.2, -0.15) is 0 Å². The highest BCUT2D eigenvalue weighted by molar-refractivity contribution is 7.17. The molecule has 0 saturated carbocycles. The van der Waals surface area contributed by atoms with Crippen LogP contribution in [0.1, 0.15) is 27.7 Å².